The fourth-order valence-electron chi connectivity index (χ4n) is 6.43. The molecular formula is C48H36S2. The van der Waals surface area contributed by atoms with Crippen LogP contribution in [0.4, 0.5) is 0 Å². The van der Waals surface area contributed by atoms with Crippen LogP contribution in [-0.4, -0.2) is 0 Å². The number of thiophene rings is 2. The topological polar surface area (TPSA) is 0 Å². The Bertz CT molecular complexity index is 2810. The summed E-state index contributed by atoms with van der Waals surface area (Å²) < 4.78 is 4.94. The standard InChI is InChI=1S/C48H36S2/c1-7-8-17-31(2)32(3)24-25-33(4)37-18-11-9-10-12-19-38(40-21-14-13-20-39(37)40)34(5)30-44-35(6)49-47-43(44)29-27-36-26-28-42-41-22-15-16-23-45(41)50-48(42)46(36)47/h7-30H,1-6H2/b10-9?,11-9?,12-10?,17-8-,18-11?,19-12?,25-24-,37-18?,38-19?,39-37?,40-38?,44-30+. The van der Waals surface area contributed by atoms with Gasteiger partial charge < -0.3 is 0 Å². The summed E-state index contributed by atoms with van der Waals surface area (Å²) in [4.78, 5) is 0. The molecule has 0 saturated carbocycles. The molecule has 0 spiro atoms. The van der Waals surface area contributed by atoms with Crippen LogP contribution in [0, 0.1) is 0 Å². The van der Waals surface area contributed by atoms with E-state index in [1.165, 1.54) is 41.0 Å². The maximum atomic E-state index is 4.65. The van der Waals surface area contributed by atoms with E-state index in [0.717, 1.165) is 53.9 Å². The summed E-state index contributed by atoms with van der Waals surface area (Å²) in [5.41, 5.74) is 5.46. The van der Waals surface area contributed by atoms with Crippen LogP contribution in [0.3, 0.4) is 0 Å². The first-order chi connectivity index (χ1) is 24.4. The molecule has 2 heterocycles. The third-order valence-electron chi connectivity index (χ3n) is 9.00. The van der Waals surface area contributed by atoms with E-state index in [9.17, 15) is 0 Å². The third kappa shape index (κ3) is 6.12. The second kappa shape index (κ2) is 14.0. The molecular weight excluding hydrogens is 641 g/mol. The quantitative estimate of drug-likeness (QED) is 0.141. The van der Waals surface area contributed by atoms with Gasteiger partial charge in [-0.3, -0.25) is 0 Å². The Hall–Kier alpha value is -5.80. The molecule has 0 nitrogen and oxygen atoms in total. The first-order valence-corrected chi connectivity index (χ1v) is 18.0. The summed E-state index contributed by atoms with van der Waals surface area (Å²) >= 11 is 3.64. The average Bonchev–Trinajstić information content (AvgIpc) is 3.67. The number of fused-ring (bicyclic) bond motifs is 8. The van der Waals surface area contributed by atoms with Gasteiger partial charge in [0.15, 0.2) is 0 Å². The predicted molar refractivity (Wildman–Crippen MR) is 228 cm³/mol. The van der Waals surface area contributed by atoms with Crippen LogP contribution in [0.2, 0.25) is 0 Å². The Morgan fingerprint density at radius 3 is 1.80 bits per heavy atom. The molecule has 5 aromatic carbocycles. The second-order valence-corrected chi connectivity index (χ2v) is 14.3. The summed E-state index contributed by atoms with van der Waals surface area (Å²) in [6.07, 6.45) is 11.7. The van der Waals surface area contributed by atoms with E-state index in [2.05, 4.69) is 137 Å². The molecule has 0 amide bonds. The molecule has 0 fully saturated rings. The SMILES string of the molecule is C=C/C=C\C(=C)C(=C)/C=C\C(=C)c1ccccccc(C(=C)/C=c2\c(=C)sc3c2ccc2ccc4c5ccccc5sc4c23)c2ccccc12. The van der Waals surface area contributed by atoms with Crippen molar-refractivity contribution >= 4 is 98.3 Å². The molecule has 0 bridgehead atoms. The van der Waals surface area contributed by atoms with E-state index in [1.807, 2.05) is 53.8 Å². The molecule has 0 aliphatic heterocycles. The van der Waals surface area contributed by atoms with E-state index >= 15 is 0 Å². The van der Waals surface area contributed by atoms with Gasteiger partial charge in [-0.25, -0.2) is 0 Å². The normalized spacial score (nSPS) is 12.0. The fourth-order valence-corrected chi connectivity index (χ4v) is 8.90. The second-order valence-electron chi connectivity index (χ2n) is 12.2. The zero-order chi connectivity index (χ0) is 34.8. The van der Waals surface area contributed by atoms with E-state index in [-0.39, 0.29) is 0 Å². The van der Waals surface area contributed by atoms with Crippen molar-refractivity contribution < 1.29 is 0 Å². The van der Waals surface area contributed by atoms with E-state index < -0.39 is 0 Å². The van der Waals surface area contributed by atoms with Gasteiger partial charge >= 0.3 is 0 Å². The monoisotopic (exact) mass is 676 g/mol. The molecule has 50 heavy (non-hydrogen) atoms. The lowest BCUT2D eigenvalue weighted by Gasteiger charge is -2.09. The number of allylic oxidation sites excluding steroid dienone is 9. The predicted octanol–water partition coefficient (Wildman–Crippen LogP) is 13.0. The molecule has 7 rings (SSSR count). The van der Waals surface area contributed by atoms with Gasteiger partial charge in [0.05, 0.1) is 0 Å². The minimum atomic E-state index is 0.813. The van der Waals surface area contributed by atoms with Crippen molar-refractivity contribution in [3.05, 3.63) is 204 Å². The maximum absolute atomic E-state index is 4.65. The van der Waals surface area contributed by atoms with Gasteiger partial charge in [-0.15, -0.1) is 22.7 Å². The van der Waals surface area contributed by atoms with E-state index in [0.29, 0.717) is 0 Å². The van der Waals surface area contributed by atoms with Gasteiger partial charge in [-0.05, 0) is 61.7 Å². The molecule has 240 valence electrons. The average molecular weight is 677 g/mol. The Morgan fingerprint density at radius 2 is 1.10 bits per heavy atom. The van der Waals surface area contributed by atoms with E-state index in [4.69, 9.17) is 0 Å². The molecule has 0 aliphatic carbocycles. The van der Waals surface area contributed by atoms with Gasteiger partial charge in [0.25, 0.3) is 0 Å². The maximum Gasteiger partial charge on any atom is 0.0448 e. The highest BCUT2D eigenvalue weighted by Crippen LogP contribution is 2.41. The van der Waals surface area contributed by atoms with Crippen LogP contribution >= 0.6 is 22.7 Å². The first-order valence-electron chi connectivity index (χ1n) is 16.4. The highest BCUT2D eigenvalue weighted by atomic mass is 32.1. The lowest BCUT2D eigenvalue weighted by Crippen LogP contribution is -2.16. The minimum absolute atomic E-state index is 0.813. The Balaban J connectivity index is 1.39. The summed E-state index contributed by atoms with van der Waals surface area (Å²) in [6, 6.07) is 38.6. The Kier molecular flexibility index (Phi) is 9.15. The van der Waals surface area contributed by atoms with Gasteiger partial charge in [0.1, 0.15) is 0 Å². The van der Waals surface area contributed by atoms with Crippen molar-refractivity contribution in [3.63, 3.8) is 0 Å². The molecule has 0 radical (unpaired) electrons. The molecule has 7 aromatic rings. The van der Waals surface area contributed by atoms with Gasteiger partial charge in [-0.1, -0.05) is 173 Å². The zero-order valence-electron chi connectivity index (χ0n) is 27.9. The summed E-state index contributed by atoms with van der Waals surface area (Å²) in [5.74, 6) is 0. The molecule has 0 unspecified atom stereocenters. The van der Waals surface area contributed by atoms with Gasteiger partial charge in [0, 0.05) is 45.4 Å². The molecule has 0 atom stereocenters. The molecule has 2 aromatic heterocycles. The molecule has 0 saturated heterocycles. The van der Waals surface area contributed by atoms with Crippen LogP contribution in [0.5, 0.6) is 0 Å². The van der Waals surface area contributed by atoms with Crippen molar-refractivity contribution in [2.75, 3.05) is 0 Å². The van der Waals surface area contributed by atoms with Crippen molar-refractivity contribution in [3.8, 4) is 0 Å². The molecule has 2 heteroatoms. The number of hydrogen-bond donors (Lipinski definition) is 0. The highest BCUT2D eigenvalue weighted by molar-refractivity contribution is 7.27. The van der Waals surface area contributed by atoms with Crippen molar-refractivity contribution in [1.82, 2.24) is 0 Å². The lowest BCUT2D eigenvalue weighted by atomic mass is 9.95. The van der Waals surface area contributed by atoms with Gasteiger partial charge in [-0.2, -0.15) is 0 Å². The summed E-state index contributed by atoms with van der Waals surface area (Å²) in [7, 11) is 0. The molecule has 0 N–H and O–H groups in total. The Morgan fingerprint density at radius 1 is 0.520 bits per heavy atom. The van der Waals surface area contributed by atoms with E-state index in [1.54, 1.807) is 17.4 Å². The minimum Gasteiger partial charge on any atom is -0.135 e. The summed E-state index contributed by atoms with van der Waals surface area (Å²) in [5, 5.41) is 9.64. The largest absolute Gasteiger partial charge is 0.135 e. The summed E-state index contributed by atoms with van der Waals surface area (Å²) in [6.45, 7) is 25.7. The lowest BCUT2D eigenvalue weighted by molar-refractivity contribution is 1.60. The zero-order valence-corrected chi connectivity index (χ0v) is 29.5. The Labute approximate surface area is 301 Å². The van der Waals surface area contributed by atoms with Crippen LogP contribution in [-0.2, 0) is 0 Å². The van der Waals surface area contributed by atoms with Gasteiger partial charge in [0.2, 0.25) is 0 Å². The van der Waals surface area contributed by atoms with Crippen LogP contribution in [0.15, 0.2) is 184 Å². The van der Waals surface area contributed by atoms with Crippen molar-refractivity contribution in [1.29, 1.82) is 0 Å². The number of rotatable bonds is 8. The smallest absolute Gasteiger partial charge is 0.0448 e. The van der Waals surface area contributed by atoms with Crippen LogP contribution in [0.1, 0.15) is 11.1 Å². The first kappa shape index (κ1) is 32.7. The number of benzene rings is 4. The van der Waals surface area contributed by atoms with Crippen molar-refractivity contribution in [2.24, 2.45) is 0 Å². The van der Waals surface area contributed by atoms with Crippen LogP contribution < -0.4 is 9.75 Å². The van der Waals surface area contributed by atoms with Crippen LogP contribution in [0.25, 0.3) is 75.6 Å². The number of hydrogen-bond acceptors (Lipinski definition) is 2. The molecule has 0 aliphatic rings. The third-order valence-corrected chi connectivity index (χ3v) is 11.3. The highest BCUT2D eigenvalue weighted by Gasteiger charge is 2.13. The van der Waals surface area contributed by atoms with Crippen molar-refractivity contribution in [2.45, 2.75) is 0 Å². The fraction of sp³-hybridized carbons (Fsp3) is 0.